The van der Waals surface area contributed by atoms with E-state index in [0.29, 0.717) is 12.1 Å². The van der Waals surface area contributed by atoms with Crippen molar-refractivity contribution in [2.24, 2.45) is 0 Å². The summed E-state index contributed by atoms with van der Waals surface area (Å²) in [6.07, 6.45) is 9.84. The van der Waals surface area contributed by atoms with Gasteiger partial charge < -0.3 is 10.1 Å². The maximum absolute atomic E-state index is 5.97. The van der Waals surface area contributed by atoms with Crippen molar-refractivity contribution < 1.29 is 4.74 Å². The van der Waals surface area contributed by atoms with Crippen LogP contribution in [0.3, 0.4) is 0 Å². The zero-order valence-corrected chi connectivity index (χ0v) is 12.9. The molecule has 112 valence electrons. The van der Waals surface area contributed by atoms with E-state index >= 15 is 0 Å². The predicted molar refractivity (Wildman–Crippen MR) is 80.6 cm³/mol. The third-order valence-corrected chi connectivity index (χ3v) is 4.73. The van der Waals surface area contributed by atoms with Crippen LogP contribution >= 0.6 is 0 Å². The largest absolute Gasteiger partial charge is 0.374 e. The first-order valence-electron chi connectivity index (χ1n) is 8.44. The Balaban J connectivity index is 1.85. The van der Waals surface area contributed by atoms with Crippen LogP contribution in [-0.4, -0.2) is 49.3 Å². The Hall–Kier alpha value is -0.120. The van der Waals surface area contributed by atoms with E-state index in [1.807, 2.05) is 0 Å². The summed E-state index contributed by atoms with van der Waals surface area (Å²) >= 11 is 0. The number of hydrogen-bond donors (Lipinski definition) is 1. The lowest BCUT2D eigenvalue weighted by Crippen LogP contribution is -2.59. The van der Waals surface area contributed by atoms with Gasteiger partial charge in [-0.15, -0.1) is 0 Å². The van der Waals surface area contributed by atoms with E-state index in [0.717, 1.165) is 25.7 Å². The van der Waals surface area contributed by atoms with Crippen molar-refractivity contribution in [3.8, 4) is 0 Å². The lowest BCUT2D eigenvalue weighted by Gasteiger charge is -2.44. The highest BCUT2D eigenvalue weighted by Crippen LogP contribution is 2.23. The van der Waals surface area contributed by atoms with Gasteiger partial charge >= 0.3 is 0 Å². The molecule has 0 spiro atoms. The molecule has 2 heterocycles. The Morgan fingerprint density at radius 3 is 2.63 bits per heavy atom. The predicted octanol–water partition coefficient (Wildman–Crippen LogP) is 2.80. The average Bonchev–Trinajstić information content (AvgIpc) is 2.47. The van der Waals surface area contributed by atoms with Crippen molar-refractivity contribution in [1.82, 2.24) is 10.2 Å². The lowest BCUT2D eigenvalue weighted by molar-refractivity contribution is -0.0581. The molecule has 0 aromatic carbocycles. The van der Waals surface area contributed by atoms with Crippen LogP contribution in [-0.2, 0) is 4.74 Å². The number of rotatable bonds is 7. The fraction of sp³-hybridized carbons (Fsp3) is 1.00. The molecule has 2 aliphatic rings. The van der Waals surface area contributed by atoms with E-state index in [-0.39, 0.29) is 0 Å². The normalized spacial score (nSPS) is 28.6. The zero-order chi connectivity index (χ0) is 13.5. The van der Waals surface area contributed by atoms with E-state index < -0.39 is 0 Å². The third kappa shape index (κ3) is 4.44. The maximum atomic E-state index is 5.97. The second-order valence-corrected chi connectivity index (χ2v) is 6.19. The zero-order valence-electron chi connectivity index (χ0n) is 12.9. The van der Waals surface area contributed by atoms with Gasteiger partial charge in [-0.25, -0.2) is 0 Å². The van der Waals surface area contributed by atoms with Crippen molar-refractivity contribution in [3.05, 3.63) is 0 Å². The van der Waals surface area contributed by atoms with Gasteiger partial charge in [-0.1, -0.05) is 39.5 Å². The third-order valence-electron chi connectivity index (χ3n) is 4.73. The van der Waals surface area contributed by atoms with Gasteiger partial charge in [0.1, 0.15) is 0 Å². The van der Waals surface area contributed by atoms with Gasteiger partial charge in [-0.05, 0) is 19.3 Å². The minimum atomic E-state index is 0.438. The summed E-state index contributed by atoms with van der Waals surface area (Å²) < 4.78 is 5.97. The summed E-state index contributed by atoms with van der Waals surface area (Å²) in [4.78, 5) is 2.72. The average molecular weight is 268 g/mol. The van der Waals surface area contributed by atoms with Crippen LogP contribution in [0.25, 0.3) is 0 Å². The van der Waals surface area contributed by atoms with Crippen molar-refractivity contribution in [3.63, 3.8) is 0 Å². The molecule has 2 aliphatic heterocycles. The summed E-state index contributed by atoms with van der Waals surface area (Å²) in [5.41, 5.74) is 0. The number of fused-ring (bicyclic) bond motifs is 1. The molecule has 0 bridgehead atoms. The van der Waals surface area contributed by atoms with Gasteiger partial charge in [0, 0.05) is 31.7 Å². The highest BCUT2D eigenvalue weighted by Gasteiger charge is 2.34. The van der Waals surface area contributed by atoms with Crippen LogP contribution in [0.2, 0.25) is 0 Å². The molecule has 0 aromatic heterocycles. The van der Waals surface area contributed by atoms with Crippen LogP contribution in [0, 0.1) is 0 Å². The highest BCUT2D eigenvalue weighted by molar-refractivity contribution is 4.90. The summed E-state index contributed by atoms with van der Waals surface area (Å²) in [6.45, 7) is 8.94. The second kappa shape index (κ2) is 8.23. The SMILES string of the molecule is CCCCC(CCCC)N1CC[C@H]2NCCO[C@@H]2C1. The highest BCUT2D eigenvalue weighted by atomic mass is 16.5. The van der Waals surface area contributed by atoms with Crippen molar-refractivity contribution >= 4 is 0 Å². The van der Waals surface area contributed by atoms with E-state index in [4.69, 9.17) is 4.74 Å². The number of hydrogen-bond acceptors (Lipinski definition) is 3. The van der Waals surface area contributed by atoms with Crippen molar-refractivity contribution in [2.75, 3.05) is 26.2 Å². The molecule has 0 aliphatic carbocycles. The number of nitrogens with one attached hydrogen (secondary N) is 1. The number of unbranched alkanes of at least 4 members (excludes halogenated alkanes) is 2. The smallest absolute Gasteiger partial charge is 0.0855 e. The first-order chi connectivity index (χ1) is 9.35. The van der Waals surface area contributed by atoms with Gasteiger partial charge in [-0.3, -0.25) is 4.90 Å². The maximum Gasteiger partial charge on any atom is 0.0855 e. The molecule has 0 saturated carbocycles. The molecule has 0 unspecified atom stereocenters. The van der Waals surface area contributed by atoms with Gasteiger partial charge in [0.05, 0.1) is 12.7 Å². The molecule has 3 nitrogen and oxygen atoms in total. The van der Waals surface area contributed by atoms with E-state index in [2.05, 4.69) is 24.1 Å². The number of ether oxygens (including phenoxy) is 1. The molecule has 19 heavy (non-hydrogen) atoms. The van der Waals surface area contributed by atoms with Crippen LogP contribution in [0.4, 0.5) is 0 Å². The Bertz CT molecular complexity index is 239. The molecule has 0 amide bonds. The quantitative estimate of drug-likeness (QED) is 0.768. The molecular weight excluding hydrogens is 236 g/mol. The lowest BCUT2D eigenvalue weighted by atomic mass is 9.95. The van der Waals surface area contributed by atoms with E-state index in [9.17, 15) is 0 Å². The Kier molecular flexibility index (Phi) is 6.62. The minimum absolute atomic E-state index is 0.438. The molecular formula is C16H32N2O. The summed E-state index contributed by atoms with van der Waals surface area (Å²) in [5.74, 6) is 0. The van der Waals surface area contributed by atoms with Crippen molar-refractivity contribution in [2.45, 2.75) is 77.0 Å². The molecule has 1 N–H and O–H groups in total. The van der Waals surface area contributed by atoms with E-state index in [1.165, 1.54) is 51.5 Å². The first-order valence-corrected chi connectivity index (χ1v) is 8.44. The topological polar surface area (TPSA) is 24.5 Å². The van der Waals surface area contributed by atoms with E-state index in [1.54, 1.807) is 0 Å². The molecule has 0 aromatic rings. The molecule has 2 fully saturated rings. The summed E-state index contributed by atoms with van der Waals surface area (Å²) in [6, 6.07) is 1.41. The Labute approximate surface area is 119 Å². The monoisotopic (exact) mass is 268 g/mol. The van der Waals surface area contributed by atoms with Crippen molar-refractivity contribution in [1.29, 1.82) is 0 Å². The Morgan fingerprint density at radius 1 is 1.21 bits per heavy atom. The molecule has 2 atom stereocenters. The number of piperidine rings is 1. The van der Waals surface area contributed by atoms with Crippen LogP contribution < -0.4 is 5.32 Å². The molecule has 2 rings (SSSR count). The number of nitrogens with zero attached hydrogens (tertiary/aromatic N) is 1. The van der Waals surface area contributed by atoms with Gasteiger partial charge in [0.15, 0.2) is 0 Å². The van der Waals surface area contributed by atoms with Crippen LogP contribution in [0.5, 0.6) is 0 Å². The summed E-state index contributed by atoms with van der Waals surface area (Å²) in [5, 5.41) is 3.62. The molecule has 2 saturated heterocycles. The van der Waals surface area contributed by atoms with Crippen LogP contribution in [0.1, 0.15) is 58.8 Å². The fourth-order valence-electron chi connectivity index (χ4n) is 3.52. The first kappa shape index (κ1) is 15.3. The second-order valence-electron chi connectivity index (χ2n) is 6.19. The standard InChI is InChI=1S/C16H32N2O/c1-3-5-7-14(8-6-4-2)18-11-9-15-16(13-18)19-12-10-17-15/h14-17H,3-13H2,1-2H3/t15-,16-/m1/s1. The Morgan fingerprint density at radius 2 is 1.95 bits per heavy atom. The fourth-order valence-corrected chi connectivity index (χ4v) is 3.52. The van der Waals surface area contributed by atoms with Gasteiger partial charge in [0.25, 0.3) is 0 Å². The molecule has 3 heteroatoms. The van der Waals surface area contributed by atoms with Crippen LogP contribution in [0.15, 0.2) is 0 Å². The van der Waals surface area contributed by atoms with Gasteiger partial charge in [-0.2, -0.15) is 0 Å². The molecule has 0 radical (unpaired) electrons. The summed E-state index contributed by atoms with van der Waals surface area (Å²) in [7, 11) is 0. The number of likely N-dealkylation sites (tertiary alicyclic amines) is 1. The number of morpholine rings is 1. The van der Waals surface area contributed by atoms with Gasteiger partial charge in [0.2, 0.25) is 0 Å². The minimum Gasteiger partial charge on any atom is -0.374 e.